The molecule has 0 spiro atoms. The van der Waals surface area contributed by atoms with Crippen LogP contribution < -0.4 is 10.3 Å². The number of ether oxygens (including phenoxy) is 2. The van der Waals surface area contributed by atoms with Crippen LogP contribution in [0.15, 0.2) is 29.1 Å². The predicted octanol–water partition coefficient (Wildman–Crippen LogP) is 2.97. The van der Waals surface area contributed by atoms with Gasteiger partial charge in [0, 0.05) is 80.1 Å². The van der Waals surface area contributed by atoms with Crippen molar-refractivity contribution in [1.29, 1.82) is 0 Å². The minimum Gasteiger partial charge on any atom is -0.458 e. The Hall–Kier alpha value is -4.12. The number of amides is 3. The Bertz CT molecular complexity index is 2120. The number of aliphatic hydroxyl groups is 1. The van der Waals surface area contributed by atoms with Crippen LogP contribution in [-0.2, 0) is 44.3 Å². The highest BCUT2D eigenvalue weighted by Gasteiger charge is 2.46. The smallest absolute Gasteiger partial charge is 0.415 e. The lowest BCUT2D eigenvalue weighted by Crippen LogP contribution is -2.65. The summed E-state index contributed by atoms with van der Waals surface area (Å²) in [6.07, 6.45) is 0.548. The largest absolute Gasteiger partial charge is 0.458 e. The molecule has 3 aromatic rings. The summed E-state index contributed by atoms with van der Waals surface area (Å²) in [6, 6.07) is 6.63. The first-order valence-corrected chi connectivity index (χ1v) is 21.1. The van der Waals surface area contributed by atoms with Gasteiger partial charge in [-0.2, -0.15) is 0 Å². The van der Waals surface area contributed by atoms with Gasteiger partial charge in [-0.3, -0.25) is 14.4 Å². The van der Waals surface area contributed by atoms with Gasteiger partial charge in [0.15, 0.2) is 5.60 Å². The van der Waals surface area contributed by atoms with E-state index in [0.717, 1.165) is 29.6 Å². The van der Waals surface area contributed by atoms with E-state index in [1.807, 2.05) is 29.8 Å². The number of fused-ring (bicyclic) bond motifs is 6. The molecule has 0 radical (unpaired) electrons. The first-order valence-electron chi connectivity index (χ1n) is 18.6. The number of hydrogen-bond donors (Lipinski definition) is 1. The normalized spacial score (nSPS) is 23.7. The van der Waals surface area contributed by atoms with E-state index in [1.165, 1.54) is 0 Å². The van der Waals surface area contributed by atoms with E-state index in [-0.39, 0.29) is 73.0 Å². The van der Waals surface area contributed by atoms with Gasteiger partial charge in [-0.15, -0.1) is 0 Å². The molecule has 14 nitrogen and oxygen atoms in total. The molecular formula is C38H44N6O8S2. The van der Waals surface area contributed by atoms with E-state index < -0.39 is 17.7 Å². The molecule has 7 heterocycles. The average Bonchev–Trinajstić information content (AvgIpc) is 3.55. The van der Waals surface area contributed by atoms with Gasteiger partial charge in [-0.05, 0) is 49.7 Å². The number of esters is 1. The molecule has 0 bridgehead atoms. The number of carbonyl (C=O) groups is 4. The number of nitrogens with zero attached hydrogens (tertiary/aromatic N) is 6. The fraction of sp³-hybridized carbons (Fsp3) is 0.526. The maximum Gasteiger partial charge on any atom is 0.415 e. The van der Waals surface area contributed by atoms with Crippen LogP contribution in [0, 0.1) is 0 Å². The number of aromatic nitrogens is 2. The second-order valence-corrected chi connectivity index (χ2v) is 17.1. The highest BCUT2D eigenvalue weighted by atomic mass is 33.1. The number of likely N-dealkylation sites (N-methyl/N-ethyl adjacent to an activating group) is 1. The summed E-state index contributed by atoms with van der Waals surface area (Å²) in [5.41, 5.74) is 1.97. The fourth-order valence-electron chi connectivity index (χ4n) is 8.48. The minimum atomic E-state index is -1.91. The van der Waals surface area contributed by atoms with Crippen molar-refractivity contribution < 1.29 is 33.8 Å². The standard InChI is InChI=1S/C38H44N6O8S2/c1-4-23-24-16-22(6-7-28(24)39-34-25(23)18-44-29(34)17-27-26(35(44)47)19-51-36(48)38(27,50)5-2)52-37(49)43-15-14-42(30-20-53-54-21-31(30)43)33(46)9-8-32(45)41-12-10-40(3)11-13-41/h6-7,16-17,30-31,50H,4-5,8-15,18-21H2,1-3H3/t30?,31?,38-/m0/s1. The van der Waals surface area contributed by atoms with Crippen molar-refractivity contribution in [2.24, 2.45) is 0 Å². The number of rotatable bonds is 6. The minimum absolute atomic E-state index is 0.0141. The maximum atomic E-state index is 13.8. The molecular weight excluding hydrogens is 733 g/mol. The Morgan fingerprint density at radius 1 is 0.944 bits per heavy atom. The lowest BCUT2D eigenvalue weighted by molar-refractivity contribution is -0.172. The summed E-state index contributed by atoms with van der Waals surface area (Å²) >= 11 is 0. The fourth-order valence-corrected chi connectivity index (χ4v) is 11.2. The molecule has 3 fully saturated rings. The van der Waals surface area contributed by atoms with Crippen molar-refractivity contribution in [3.8, 4) is 17.1 Å². The molecule has 8 rings (SSSR count). The van der Waals surface area contributed by atoms with E-state index in [2.05, 4.69) is 4.90 Å². The highest BCUT2D eigenvalue weighted by molar-refractivity contribution is 8.76. The molecule has 3 atom stereocenters. The molecule has 0 aliphatic carbocycles. The van der Waals surface area contributed by atoms with E-state index >= 15 is 0 Å². The third-order valence-corrected chi connectivity index (χ3v) is 14.1. The number of piperazine rings is 2. The lowest BCUT2D eigenvalue weighted by atomic mass is 9.86. The number of cyclic esters (lactones) is 1. The summed E-state index contributed by atoms with van der Waals surface area (Å²) in [7, 11) is 5.40. The van der Waals surface area contributed by atoms with Gasteiger partial charge in [0.05, 0.1) is 41.1 Å². The SMILES string of the molecule is CCc1c2c(nc3ccc(OC(=O)N4CCN(C(=O)CCC(=O)N5CCN(C)CC5)C5CSSCC54)cc13)-c1cc3c(c(=O)n1C2)COC(=O)[C@]3(O)CC. The molecule has 3 amide bonds. The zero-order valence-electron chi connectivity index (χ0n) is 30.7. The zero-order valence-corrected chi connectivity index (χ0v) is 32.3. The van der Waals surface area contributed by atoms with Crippen molar-refractivity contribution >= 4 is 56.4 Å². The monoisotopic (exact) mass is 776 g/mol. The van der Waals surface area contributed by atoms with Crippen LogP contribution in [0.2, 0.25) is 0 Å². The zero-order chi connectivity index (χ0) is 37.9. The predicted molar refractivity (Wildman–Crippen MR) is 204 cm³/mol. The molecule has 1 N–H and O–H groups in total. The van der Waals surface area contributed by atoms with Crippen molar-refractivity contribution in [2.75, 3.05) is 57.8 Å². The van der Waals surface area contributed by atoms with Crippen LogP contribution >= 0.6 is 21.6 Å². The average molecular weight is 777 g/mol. The number of aryl methyl sites for hydroxylation is 1. The molecule has 5 aliphatic heterocycles. The molecule has 5 aliphatic rings. The Labute approximate surface area is 320 Å². The summed E-state index contributed by atoms with van der Waals surface area (Å²) in [5, 5.41) is 12.0. The van der Waals surface area contributed by atoms with Crippen molar-refractivity contribution in [3.05, 3.63) is 56.9 Å². The number of carbonyl (C=O) groups excluding carboxylic acids is 4. The van der Waals surface area contributed by atoms with Crippen molar-refractivity contribution in [2.45, 2.75) is 70.4 Å². The summed E-state index contributed by atoms with van der Waals surface area (Å²) in [6.45, 7) is 7.51. The van der Waals surface area contributed by atoms with E-state index in [0.29, 0.717) is 66.8 Å². The van der Waals surface area contributed by atoms with Gasteiger partial charge in [-0.1, -0.05) is 35.4 Å². The molecule has 0 saturated carbocycles. The molecule has 54 heavy (non-hydrogen) atoms. The van der Waals surface area contributed by atoms with Gasteiger partial charge < -0.3 is 38.7 Å². The van der Waals surface area contributed by atoms with Gasteiger partial charge in [0.1, 0.15) is 12.4 Å². The van der Waals surface area contributed by atoms with Crippen molar-refractivity contribution in [3.63, 3.8) is 0 Å². The molecule has 1 aromatic carbocycles. The van der Waals surface area contributed by atoms with Crippen LogP contribution in [0.4, 0.5) is 4.79 Å². The Morgan fingerprint density at radius 3 is 2.37 bits per heavy atom. The number of pyridine rings is 2. The van der Waals surface area contributed by atoms with E-state index in [9.17, 15) is 29.1 Å². The van der Waals surface area contributed by atoms with Gasteiger partial charge in [0.2, 0.25) is 11.8 Å². The van der Waals surface area contributed by atoms with Crippen LogP contribution in [0.25, 0.3) is 22.3 Å². The first kappa shape index (κ1) is 36.8. The second kappa shape index (κ2) is 14.5. The van der Waals surface area contributed by atoms with Gasteiger partial charge >= 0.3 is 12.1 Å². The maximum absolute atomic E-state index is 13.8. The quantitative estimate of drug-likeness (QED) is 0.226. The second-order valence-electron chi connectivity index (χ2n) is 14.6. The van der Waals surface area contributed by atoms with Crippen LogP contribution in [0.3, 0.4) is 0 Å². The number of hydrogen-bond acceptors (Lipinski definition) is 12. The topological polar surface area (TPSA) is 155 Å². The third kappa shape index (κ3) is 6.24. The van der Waals surface area contributed by atoms with Crippen LogP contribution in [0.5, 0.6) is 5.75 Å². The Balaban J connectivity index is 0.998. The van der Waals surface area contributed by atoms with E-state index in [1.54, 1.807) is 56.2 Å². The number of benzene rings is 1. The van der Waals surface area contributed by atoms with Crippen LogP contribution in [0.1, 0.15) is 55.4 Å². The molecule has 2 aromatic heterocycles. The lowest BCUT2D eigenvalue weighted by Gasteiger charge is -2.48. The molecule has 3 saturated heterocycles. The Morgan fingerprint density at radius 2 is 1.65 bits per heavy atom. The van der Waals surface area contributed by atoms with Crippen molar-refractivity contribution in [1.82, 2.24) is 29.2 Å². The van der Waals surface area contributed by atoms with Gasteiger partial charge in [0.25, 0.3) is 5.56 Å². The summed E-state index contributed by atoms with van der Waals surface area (Å²) in [5.74, 6) is 0.897. The summed E-state index contributed by atoms with van der Waals surface area (Å²) < 4.78 is 12.9. The molecule has 16 heteroatoms. The Kier molecular flexibility index (Phi) is 9.90. The molecule has 286 valence electrons. The van der Waals surface area contributed by atoms with E-state index in [4.69, 9.17) is 14.5 Å². The molecule has 2 unspecified atom stereocenters. The first-order chi connectivity index (χ1) is 26.0. The highest BCUT2D eigenvalue weighted by Crippen LogP contribution is 2.41. The third-order valence-electron chi connectivity index (χ3n) is 11.7. The van der Waals surface area contributed by atoms with Crippen LogP contribution in [-0.4, -0.2) is 128 Å². The van der Waals surface area contributed by atoms with Gasteiger partial charge in [-0.25, -0.2) is 14.6 Å². The summed E-state index contributed by atoms with van der Waals surface area (Å²) in [4.78, 5) is 79.0.